The molecule has 1 aliphatic carbocycles. The third kappa shape index (κ3) is 2.84. The first-order valence-corrected chi connectivity index (χ1v) is 5.49. The lowest BCUT2D eigenvalue weighted by atomic mass is 9.86. The number of nitrogens with zero attached hydrogens (tertiary/aromatic N) is 1. The molecule has 1 nitrogen and oxygen atoms in total. The van der Waals surface area contributed by atoms with Gasteiger partial charge in [0, 0.05) is 12.1 Å². The van der Waals surface area contributed by atoms with Crippen molar-refractivity contribution in [2.24, 2.45) is 5.92 Å². The fourth-order valence-corrected chi connectivity index (χ4v) is 2.15. The molecule has 13 heavy (non-hydrogen) atoms. The van der Waals surface area contributed by atoms with Crippen molar-refractivity contribution in [1.82, 2.24) is 4.90 Å². The molecule has 0 heterocycles. The highest BCUT2D eigenvalue weighted by molar-refractivity contribution is 4.87. The molecule has 76 valence electrons. The van der Waals surface area contributed by atoms with E-state index in [0.717, 1.165) is 12.0 Å². The second-order valence-electron chi connectivity index (χ2n) is 4.56. The summed E-state index contributed by atoms with van der Waals surface area (Å²) in [6, 6.07) is 1.32. The zero-order valence-electron chi connectivity index (χ0n) is 9.29. The molecule has 0 radical (unpaired) electrons. The first-order valence-electron chi connectivity index (χ1n) is 5.49. The van der Waals surface area contributed by atoms with Gasteiger partial charge in [0.15, 0.2) is 0 Å². The topological polar surface area (TPSA) is 3.24 Å². The summed E-state index contributed by atoms with van der Waals surface area (Å²) in [7, 11) is 2.23. The molecule has 0 spiro atoms. The lowest BCUT2D eigenvalue weighted by Crippen LogP contribution is -2.39. The second-order valence-corrected chi connectivity index (χ2v) is 4.56. The molecular weight excluding hydrogens is 158 g/mol. The summed E-state index contributed by atoms with van der Waals surface area (Å²) in [6.07, 6.45) is 7.58. The molecule has 1 heteroatoms. The van der Waals surface area contributed by atoms with Gasteiger partial charge in [-0.2, -0.15) is 0 Å². The van der Waals surface area contributed by atoms with Crippen LogP contribution in [0.1, 0.15) is 39.5 Å². The highest BCUT2D eigenvalue weighted by Crippen LogP contribution is 2.27. The van der Waals surface area contributed by atoms with Crippen molar-refractivity contribution >= 4 is 0 Å². The molecule has 0 saturated heterocycles. The van der Waals surface area contributed by atoms with Gasteiger partial charge in [-0.1, -0.05) is 13.0 Å². The van der Waals surface area contributed by atoms with Gasteiger partial charge in [0.1, 0.15) is 0 Å². The first-order chi connectivity index (χ1) is 6.15. The van der Waals surface area contributed by atoms with Crippen LogP contribution in [0.5, 0.6) is 0 Å². The Kier molecular flexibility index (Phi) is 3.98. The molecule has 0 aromatic heterocycles. The molecule has 1 fully saturated rings. The van der Waals surface area contributed by atoms with E-state index in [-0.39, 0.29) is 0 Å². The van der Waals surface area contributed by atoms with Crippen LogP contribution >= 0.6 is 0 Å². The van der Waals surface area contributed by atoms with Gasteiger partial charge < -0.3 is 0 Å². The predicted octanol–water partition coefficient (Wildman–Crippen LogP) is 3.07. The summed E-state index contributed by atoms with van der Waals surface area (Å²) < 4.78 is 0. The monoisotopic (exact) mass is 181 g/mol. The normalized spacial score (nSPS) is 31.7. The van der Waals surface area contributed by atoms with Gasteiger partial charge in [-0.15, -0.1) is 6.58 Å². The minimum Gasteiger partial charge on any atom is -0.297 e. The van der Waals surface area contributed by atoms with Crippen molar-refractivity contribution in [1.29, 1.82) is 0 Å². The molecule has 0 aliphatic heterocycles. The molecule has 1 unspecified atom stereocenters. The van der Waals surface area contributed by atoms with E-state index >= 15 is 0 Å². The van der Waals surface area contributed by atoms with E-state index in [2.05, 4.69) is 32.4 Å². The molecule has 1 rings (SSSR count). The average molecular weight is 181 g/mol. The first kappa shape index (κ1) is 10.8. The van der Waals surface area contributed by atoms with E-state index in [9.17, 15) is 0 Å². The van der Waals surface area contributed by atoms with Crippen LogP contribution in [-0.4, -0.2) is 24.0 Å². The summed E-state index contributed by atoms with van der Waals surface area (Å²) in [6.45, 7) is 8.45. The zero-order chi connectivity index (χ0) is 9.84. The number of rotatable bonds is 3. The summed E-state index contributed by atoms with van der Waals surface area (Å²) >= 11 is 0. The van der Waals surface area contributed by atoms with Crippen LogP contribution in [-0.2, 0) is 0 Å². The Morgan fingerprint density at radius 2 is 1.85 bits per heavy atom. The van der Waals surface area contributed by atoms with Crippen molar-refractivity contribution in [3.8, 4) is 0 Å². The standard InChI is InChI=1S/C12H23N/c1-5-11(3)13(4)12-8-6-10(2)7-9-12/h5,10-12H,1,6-9H2,2-4H3. The van der Waals surface area contributed by atoms with Gasteiger partial charge >= 0.3 is 0 Å². The van der Waals surface area contributed by atoms with Gasteiger partial charge in [-0.25, -0.2) is 0 Å². The summed E-state index contributed by atoms with van der Waals surface area (Å²) in [4.78, 5) is 2.47. The van der Waals surface area contributed by atoms with Crippen LogP contribution in [0, 0.1) is 5.92 Å². The van der Waals surface area contributed by atoms with Crippen molar-refractivity contribution < 1.29 is 0 Å². The maximum atomic E-state index is 3.85. The third-order valence-electron chi connectivity index (χ3n) is 3.54. The van der Waals surface area contributed by atoms with Crippen molar-refractivity contribution in [2.45, 2.75) is 51.6 Å². The number of hydrogen-bond donors (Lipinski definition) is 0. The molecule has 0 N–H and O–H groups in total. The van der Waals surface area contributed by atoms with Gasteiger partial charge in [-0.05, 0) is 45.6 Å². The van der Waals surface area contributed by atoms with E-state index in [1.165, 1.54) is 25.7 Å². The lowest BCUT2D eigenvalue weighted by molar-refractivity contribution is 0.150. The quantitative estimate of drug-likeness (QED) is 0.605. The Bertz CT molecular complexity index is 157. The number of hydrogen-bond acceptors (Lipinski definition) is 1. The van der Waals surface area contributed by atoms with Crippen molar-refractivity contribution in [3.63, 3.8) is 0 Å². The van der Waals surface area contributed by atoms with E-state index < -0.39 is 0 Å². The smallest absolute Gasteiger partial charge is 0.0247 e. The Morgan fingerprint density at radius 3 is 2.31 bits per heavy atom. The minimum atomic E-state index is 0.526. The maximum Gasteiger partial charge on any atom is 0.0247 e. The van der Waals surface area contributed by atoms with E-state index in [1.807, 2.05) is 6.08 Å². The van der Waals surface area contributed by atoms with Crippen LogP contribution in [0.25, 0.3) is 0 Å². The Labute approximate surface area is 82.8 Å². The fourth-order valence-electron chi connectivity index (χ4n) is 2.15. The highest BCUT2D eigenvalue weighted by atomic mass is 15.1. The third-order valence-corrected chi connectivity index (χ3v) is 3.54. The van der Waals surface area contributed by atoms with Crippen LogP contribution in [0.2, 0.25) is 0 Å². The molecule has 1 aliphatic rings. The van der Waals surface area contributed by atoms with Crippen molar-refractivity contribution in [2.75, 3.05) is 7.05 Å². The molecule has 0 aromatic rings. The molecule has 0 aromatic carbocycles. The molecule has 0 bridgehead atoms. The van der Waals surface area contributed by atoms with E-state index in [0.29, 0.717) is 6.04 Å². The van der Waals surface area contributed by atoms with Crippen molar-refractivity contribution in [3.05, 3.63) is 12.7 Å². The molecule has 1 saturated carbocycles. The van der Waals surface area contributed by atoms with Gasteiger partial charge in [-0.3, -0.25) is 4.90 Å². The van der Waals surface area contributed by atoms with E-state index in [1.54, 1.807) is 0 Å². The summed E-state index contributed by atoms with van der Waals surface area (Å²) in [5, 5.41) is 0. The predicted molar refractivity (Wildman–Crippen MR) is 58.8 cm³/mol. The fraction of sp³-hybridized carbons (Fsp3) is 0.833. The summed E-state index contributed by atoms with van der Waals surface area (Å²) in [5.41, 5.74) is 0. The minimum absolute atomic E-state index is 0.526. The van der Waals surface area contributed by atoms with Crippen LogP contribution < -0.4 is 0 Å². The second kappa shape index (κ2) is 4.80. The lowest BCUT2D eigenvalue weighted by Gasteiger charge is -2.36. The van der Waals surface area contributed by atoms with E-state index in [4.69, 9.17) is 0 Å². The number of likely N-dealkylation sites (N-methyl/N-ethyl adjacent to an activating group) is 1. The van der Waals surface area contributed by atoms with Crippen LogP contribution in [0.3, 0.4) is 0 Å². The van der Waals surface area contributed by atoms with Crippen LogP contribution in [0.4, 0.5) is 0 Å². The largest absolute Gasteiger partial charge is 0.297 e. The summed E-state index contributed by atoms with van der Waals surface area (Å²) in [5.74, 6) is 0.948. The Morgan fingerprint density at radius 1 is 1.31 bits per heavy atom. The molecule has 0 amide bonds. The SMILES string of the molecule is C=CC(C)N(C)C1CCC(C)CC1. The maximum absolute atomic E-state index is 3.85. The zero-order valence-corrected chi connectivity index (χ0v) is 9.29. The Hall–Kier alpha value is -0.300. The average Bonchev–Trinajstić information content (AvgIpc) is 2.17. The molecular formula is C12H23N. The van der Waals surface area contributed by atoms with Gasteiger partial charge in [0.05, 0.1) is 0 Å². The van der Waals surface area contributed by atoms with Gasteiger partial charge in [0.2, 0.25) is 0 Å². The van der Waals surface area contributed by atoms with Crippen LogP contribution in [0.15, 0.2) is 12.7 Å². The van der Waals surface area contributed by atoms with Gasteiger partial charge in [0.25, 0.3) is 0 Å². The Balaban J connectivity index is 2.39. The molecule has 1 atom stereocenters. The highest BCUT2D eigenvalue weighted by Gasteiger charge is 2.23.